The van der Waals surface area contributed by atoms with Gasteiger partial charge in [-0.05, 0) is 43.9 Å². The van der Waals surface area contributed by atoms with E-state index in [2.05, 4.69) is 22.2 Å². The van der Waals surface area contributed by atoms with Crippen LogP contribution in [-0.4, -0.2) is 51.1 Å². The third kappa shape index (κ3) is 4.52. The summed E-state index contributed by atoms with van der Waals surface area (Å²) in [6, 6.07) is 5.61. The predicted molar refractivity (Wildman–Crippen MR) is 118 cm³/mol. The Hall–Kier alpha value is -3.42. The van der Waals surface area contributed by atoms with Crippen molar-refractivity contribution < 1.29 is 14.3 Å². The van der Waals surface area contributed by atoms with E-state index in [1.165, 1.54) is 6.42 Å². The number of amides is 2. The van der Waals surface area contributed by atoms with E-state index in [4.69, 9.17) is 4.74 Å². The first-order valence-corrected chi connectivity index (χ1v) is 10.7. The van der Waals surface area contributed by atoms with E-state index in [1.807, 2.05) is 27.8 Å². The molecule has 162 valence electrons. The smallest absolute Gasteiger partial charge is 0.411 e. The van der Waals surface area contributed by atoms with Crippen LogP contribution in [0.5, 0.6) is 0 Å². The summed E-state index contributed by atoms with van der Waals surface area (Å²) in [5, 5.41) is 3.53. The number of carbonyl (C=O) groups is 2. The summed E-state index contributed by atoms with van der Waals surface area (Å²) in [5.74, 6) is 0.626. The summed E-state index contributed by atoms with van der Waals surface area (Å²) in [6.07, 6.45) is 9.59. The van der Waals surface area contributed by atoms with E-state index in [9.17, 15) is 9.59 Å². The van der Waals surface area contributed by atoms with Crippen LogP contribution in [0.25, 0.3) is 16.7 Å². The fourth-order valence-corrected chi connectivity index (χ4v) is 4.03. The molecule has 1 aliphatic heterocycles. The van der Waals surface area contributed by atoms with Gasteiger partial charge in [0, 0.05) is 30.9 Å². The number of fused-ring (bicyclic) bond motifs is 1. The first-order valence-electron chi connectivity index (χ1n) is 10.7. The maximum absolute atomic E-state index is 13.0. The highest BCUT2D eigenvalue weighted by Gasteiger charge is 2.24. The Morgan fingerprint density at radius 2 is 2.10 bits per heavy atom. The number of pyridine rings is 2. The van der Waals surface area contributed by atoms with Gasteiger partial charge in [0.2, 0.25) is 0 Å². The quantitative estimate of drug-likeness (QED) is 0.665. The molecule has 1 atom stereocenters. The number of nitrogens with one attached hydrogen (secondary N) is 1. The van der Waals surface area contributed by atoms with Crippen molar-refractivity contribution in [1.82, 2.24) is 19.4 Å². The van der Waals surface area contributed by atoms with Crippen molar-refractivity contribution in [3.8, 4) is 5.69 Å². The Labute approximate surface area is 181 Å². The summed E-state index contributed by atoms with van der Waals surface area (Å²) in [7, 11) is 0. The molecule has 8 heteroatoms. The molecular formula is C23H27N5O3. The summed E-state index contributed by atoms with van der Waals surface area (Å²) >= 11 is 0. The Balaban J connectivity index is 1.57. The zero-order valence-electron chi connectivity index (χ0n) is 17.9. The lowest BCUT2D eigenvalue weighted by Gasteiger charge is -2.32. The van der Waals surface area contributed by atoms with Crippen molar-refractivity contribution in [3.05, 3.63) is 48.5 Å². The minimum Gasteiger partial charge on any atom is -0.450 e. The van der Waals surface area contributed by atoms with Crippen molar-refractivity contribution in [2.45, 2.75) is 33.1 Å². The van der Waals surface area contributed by atoms with Gasteiger partial charge in [-0.3, -0.25) is 19.7 Å². The molecule has 1 fully saturated rings. The second-order valence-electron chi connectivity index (χ2n) is 7.77. The minimum absolute atomic E-state index is 0.0441. The Bertz CT molecular complexity index is 1090. The lowest BCUT2D eigenvalue weighted by Crippen LogP contribution is -2.39. The molecule has 0 radical (unpaired) electrons. The van der Waals surface area contributed by atoms with E-state index >= 15 is 0 Å². The zero-order chi connectivity index (χ0) is 21.8. The van der Waals surface area contributed by atoms with Gasteiger partial charge < -0.3 is 9.64 Å². The summed E-state index contributed by atoms with van der Waals surface area (Å²) in [5.41, 5.74) is 2.60. The largest absolute Gasteiger partial charge is 0.450 e. The number of aromatic nitrogens is 3. The van der Waals surface area contributed by atoms with Gasteiger partial charge in [0.25, 0.3) is 5.91 Å². The SMILES string of the molecule is CCOC(=O)Nc1cncc(-n2ccc3cc(C(=O)N4CCC[C@@H](CC)C4)cnc32)c1. The van der Waals surface area contributed by atoms with Crippen molar-refractivity contribution >= 4 is 28.7 Å². The molecule has 0 saturated carbocycles. The number of likely N-dealkylation sites (tertiary alicyclic amines) is 1. The van der Waals surface area contributed by atoms with Crippen LogP contribution in [0.15, 0.2) is 43.0 Å². The van der Waals surface area contributed by atoms with Crippen LogP contribution < -0.4 is 5.32 Å². The molecule has 8 nitrogen and oxygen atoms in total. The molecule has 1 N–H and O–H groups in total. The van der Waals surface area contributed by atoms with E-state index < -0.39 is 6.09 Å². The highest BCUT2D eigenvalue weighted by Crippen LogP contribution is 2.24. The summed E-state index contributed by atoms with van der Waals surface area (Å²) in [6.45, 7) is 5.85. The molecule has 3 aromatic heterocycles. The maximum atomic E-state index is 13.0. The number of nitrogens with zero attached hydrogens (tertiary/aromatic N) is 4. The molecule has 0 spiro atoms. The van der Waals surface area contributed by atoms with Crippen molar-refractivity contribution in [1.29, 1.82) is 0 Å². The highest BCUT2D eigenvalue weighted by molar-refractivity contribution is 5.97. The number of hydrogen-bond acceptors (Lipinski definition) is 5. The molecule has 1 saturated heterocycles. The molecule has 0 bridgehead atoms. The number of rotatable bonds is 5. The van der Waals surface area contributed by atoms with Crippen LogP contribution >= 0.6 is 0 Å². The lowest BCUT2D eigenvalue weighted by atomic mass is 9.95. The van der Waals surface area contributed by atoms with E-state index in [0.717, 1.165) is 42.7 Å². The number of piperidine rings is 1. The van der Waals surface area contributed by atoms with Gasteiger partial charge in [-0.2, -0.15) is 0 Å². The van der Waals surface area contributed by atoms with Crippen LogP contribution in [0.1, 0.15) is 43.5 Å². The molecule has 1 aliphatic rings. The van der Waals surface area contributed by atoms with Crippen molar-refractivity contribution in [2.75, 3.05) is 25.0 Å². The van der Waals surface area contributed by atoms with Gasteiger partial charge >= 0.3 is 6.09 Å². The third-order valence-electron chi connectivity index (χ3n) is 5.68. The van der Waals surface area contributed by atoms with Gasteiger partial charge in [-0.25, -0.2) is 9.78 Å². The topological polar surface area (TPSA) is 89.3 Å². The lowest BCUT2D eigenvalue weighted by molar-refractivity contribution is 0.0671. The number of ether oxygens (including phenoxy) is 1. The van der Waals surface area contributed by atoms with Crippen LogP contribution in [-0.2, 0) is 4.74 Å². The molecular weight excluding hydrogens is 394 g/mol. The Morgan fingerprint density at radius 1 is 1.23 bits per heavy atom. The van der Waals surface area contributed by atoms with Crippen LogP contribution in [0.3, 0.4) is 0 Å². The maximum Gasteiger partial charge on any atom is 0.411 e. The second kappa shape index (κ2) is 9.16. The Morgan fingerprint density at radius 3 is 2.90 bits per heavy atom. The van der Waals surface area contributed by atoms with E-state index in [1.54, 1.807) is 31.6 Å². The zero-order valence-corrected chi connectivity index (χ0v) is 17.9. The minimum atomic E-state index is -0.525. The van der Waals surface area contributed by atoms with Gasteiger partial charge in [-0.1, -0.05) is 13.3 Å². The first kappa shape index (κ1) is 20.8. The molecule has 3 aromatic rings. The number of anilines is 1. The standard InChI is InChI=1S/C23H27N5O3/c1-3-16-6-5-8-27(15-16)22(29)18-10-17-7-9-28(21(17)25-12-18)20-11-19(13-24-14-20)26-23(30)31-4-2/h7,9-14,16H,3-6,8,15H2,1-2H3,(H,26,30)/t16-/m1/s1. The fourth-order valence-electron chi connectivity index (χ4n) is 4.03. The van der Waals surface area contributed by atoms with Crippen molar-refractivity contribution in [3.63, 3.8) is 0 Å². The van der Waals surface area contributed by atoms with Crippen LogP contribution in [0.4, 0.5) is 10.5 Å². The van der Waals surface area contributed by atoms with Crippen molar-refractivity contribution in [2.24, 2.45) is 5.92 Å². The van der Waals surface area contributed by atoms with Gasteiger partial charge in [0.05, 0.1) is 35.9 Å². The normalized spacial score (nSPS) is 16.3. The molecule has 0 unspecified atom stereocenters. The number of carbonyl (C=O) groups excluding carboxylic acids is 2. The third-order valence-corrected chi connectivity index (χ3v) is 5.68. The average molecular weight is 422 g/mol. The predicted octanol–water partition coefficient (Wildman–Crippen LogP) is 4.25. The summed E-state index contributed by atoms with van der Waals surface area (Å²) < 4.78 is 6.79. The van der Waals surface area contributed by atoms with Gasteiger partial charge in [-0.15, -0.1) is 0 Å². The molecule has 2 amide bonds. The van der Waals surface area contributed by atoms with E-state index in [-0.39, 0.29) is 5.91 Å². The molecule has 0 aromatic carbocycles. The molecule has 4 heterocycles. The fraction of sp³-hybridized carbons (Fsp3) is 0.391. The van der Waals surface area contributed by atoms with Gasteiger partial charge in [0.15, 0.2) is 0 Å². The Kier molecular flexibility index (Phi) is 6.16. The number of hydrogen-bond donors (Lipinski definition) is 1. The summed E-state index contributed by atoms with van der Waals surface area (Å²) in [4.78, 5) is 35.4. The van der Waals surface area contributed by atoms with Crippen LogP contribution in [0.2, 0.25) is 0 Å². The second-order valence-corrected chi connectivity index (χ2v) is 7.77. The van der Waals surface area contributed by atoms with Crippen LogP contribution in [0, 0.1) is 5.92 Å². The average Bonchev–Trinajstić information content (AvgIpc) is 3.22. The van der Waals surface area contributed by atoms with Gasteiger partial charge in [0.1, 0.15) is 5.65 Å². The monoisotopic (exact) mass is 421 g/mol. The van der Waals surface area contributed by atoms with E-state index in [0.29, 0.717) is 23.8 Å². The molecule has 4 rings (SSSR count). The molecule has 31 heavy (non-hydrogen) atoms. The highest BCUT2D eigenvalue weighted by atomic mass is 16.5. The first-order chi connectivity index (χ1) is 15.1. The molecule has 0 aliphatic carbocycles.